The van der Waals surface area contributed by atoms with Crippen molar-refractivity contribution in [3.8, 4) is 0 Å². The number of ether oxygens (including phenoxy) is 2. The van der Waals surface area contributed by atoms with E-state index in [4.69, 9.17) is 9.47 Å². The highest BCUT2D eigenvalue weighted by Crippen LogP contribution is 2.33. The molecule has 3 aliphatic rings. The van der Waals surface area contributed by atoms with Crippen LogP contribution in [0.15, 0.2) is 11.6 Å². The fourth-order valence-electron chi connectivity index (χ4n) is 2.91. The van der Waals surface area contributed by atoms with Gasteiger partial charge in [-0.25, -0.2) is 4.79 Å². The first kappa shape index (κ1) is 22.2. The minimum absolute atomic E-state index is 0.167. The molecule has 0 spiro atoms. The van der Waals surface area contributed by atoms with Crippen LogP contribution in [0.1, 0.15) is 34.1 Å². The van der Waals surface area contributed by atoms with Crippen LogP contribution in [0.3, 0.4) is 0 Å². The van der Waals surface area contributed by atoms with Crippen molar-refractivity contribution in [2.45, 2.75) is 62.9 Å². The third kappa shape index (κ3) is 3.89. The van der Waals surface area contributed by atoms with E-state index in [0.29, 0.717) is 0 Å². The molecule has 0 aromatic heterocycles. The first-order valence-corrected chi connectivity index (χ1v) is 8.65. The van der Waals surface area contributed by atoms with Crippen molar-refractivity contribution in [2.24, 2.45) is 0 Å². The number of fused-ring (bicyclic) bond motifs is 5. The Balaban J connectivity index is 2.41. The SMILES string of the molecule is CC(C)(C)OC(=O)/C=C1/CCO[C@]2([C@@H](O)[C@@](C)(O)CO)NC(=O)[C@@]1(O)NC2=O. The minimum atomic E-state index is -2.58. The molecule has 0 radical (unpaired) electrons. The molecule has 3 rings (SSSR count). The molecule has 2 amide bonds. The van der Waals surface area contributed by atoms with Crippen molar-refractivity contribution >= 4 is 17.8 Å². The molecule has 11 heteroatoms. The van der Waals surface area contributed by atoms with Gasteiger partial charge in [-0.3, -0.25) is 9.59 Å². The number of carbonyl (C=O) groups excluding carboxylic acids is 3. The second-order valence-electron chi connectivity index (χ2n) is 8.07. The van der Waals surface area contributed by atoms with Crippen LogP contribution in [0.5, 0.6) is 0 Å². The van der Waals surface area contributed by atoms with E-state index in [-0.39, 0.29) is 18.6 Å². The number of nitrogens with one attached hydrogen (secondary N) is 2. The summed E-state index contributed by atoms with van der Waals surface area (Å²) in [4.78, 5) is 37.3. The van der Waals surface area contributed by atoms with Gasteiger partial charge in [0.15, 0.2) is 0 Å². The average Bonchev–Trinajstić information content (AvgIpc) is 2.55. The lowest BCUT2D eigenvalue weighted by Gasteiger charge is -2.49. The van der Waals surface area contributed by atoms with Crippen molar-refractivity contribution in [1.82, 2.24) is 10.6 Å². The van der Waals surface area contributed by atoms with Gasteiger partial charge in [-0.15, -0.1) is 0 Å². The number of rotatable bonds is 4. The Labute approximate surface area is 161 Å². The molecule has 3 saturated heterocycles. The first-order chi connectivity index (χ1) is 12.7. The van der Waals surface area contributed by atoms with Crippen molar-refractivity contribution < 1.29 is 44.3 Å². The number of hydrogen-bond acceptors (Lipinski definition) is 9. The van der Waals surface area contributed by atoms with E-state index in [9.17, 15) is 34.8 Å². The molecule has 6 N–H and O–H groups in total. The maximum absolute atomic E-state index is 12.7. The van der Waals surface area contributed by atoms with Crippen LogP contribution < -0.4 is 10.6 Å². The number of amides is 2. The van der Waals surface area contributed by atoms with Crippen molar-refractivity contribution in [2.75, 3.05) is 13.2 Å². The number of hydrogen-bond donors (Lipinski definition) is 6. The van der Waals surface area contributed by atoms with Crippen molar-refractivity contribution in [3.05, 3.63) is 11.6 Å². The van der Waals surface area contributed by atoms with Gasteiger partial charge in [-0.05, 0) is 34.1 Å². The summed E-state index contributed by atoms with van der Waals surface area (Å²) in [6.45, 7) is 4.72. The van der Waals surface area contributed by atoms with E-state index >= 15 is 0 Å². The summed E-state index contributed by atoms with van der Waals surface area (Å²) in [5.74, 6) is -3.18. The van der Waals surface area contributed by atoms with Crippen LogP contribution >= 0.6 is 0 Å². The summed E-state index contributed by atoms with van der Waals surface area (Å²) < 4.78 is 10.5. The van der Waals surface area contributed by atoms with Gasteiger partial charge in [0.05, 0.1) is 13.2 Å². The number of aliphatic hydroxyl groups excluding tert-OH is 2. The highest BCUT2D eigenvalue weighted by molar-refractivity contribution is 6.03. The molecular formula is C17H26N2O9. The Morgan fingerprint density at radius 1 is 1.29 bits per heavy atom. The third-order valence-corrected chi connectivity index (χ3v) is 4.42. The molecule has 0 unspecified atom stereocenters. The Kier molecular flexibility index (Phi) is 5.63. The van der Waals surface area contributed by atoms with E-state index in [1.54, 1.807) is 20.8 Å². The summed E-state index contributed by atoms with van der Waals surface area (Å²) in [5.41, 5.74) is -8.21. The Morgan fingerprint density at radius 3 is 2.43 bits per heavy atom. The quantitative estimate of drug-likeness (QED) is 0.218. The molecule has 0 aliphatic carbocycles. The van der Waals surface area contributed by atoms with Crippen LogP contribution in [0.4, 0.5) is 0 Å². The molecule has 11 nitrogen and oxygen atoms in total. The van der Waals surface area contributed by atoms with Gasteiger partial charge >= 0.3 is 5.97 Å². The normalized spacial score (nSPS) is 32.6. The monoisotopic (exact) mass is 402 g/mol. The highest BCUT2D eigenvalue weighted by Gasteiger charge is 2.63. The highest BCUT2D eigenvalue weighted by atomic mass is 16.6. The average molecular weight is 402 g/mol. The standard InChI is InChI=1S/C17H26N2O9/c1-14(2,3)28-10(21)7-9-5-6-27-17(11(22)15(4,25)8-20)13(24)18-16(9,26)12(23)19-17/h7,11,20,22,25-26H,5-6,8H2,1-4H3,(H,18,24)(H,19,23)/b9-7-/t11-,15-,16+,17-/m0/s1. The lowest BCUT2D eigenvalue weighted by atomic mass is 9.84. The molecule has 0 aromatic carbocycles. The zero-order valence-electron chi connectivity index (χ0n) is 16.1. The fourth-order valence-corrected chi connectivity index (χ4v) is 2.91. The van der Waals surface area contributed by atoms with Crippen LogP contribution in [0.25, 0.3) is 0 Å². The molecular weight excluding hydrogens is 376 g/mol. The van der Waals surface area contributed by atoms with Gasteiger partial charge in [0.2, 0.25) is 5.72 Å². The lowest BCUT2D eigenvalue weighted by Crippen LogP contribution is -2.82. The zero-order chi connectivity index (χ0) is 21.5. The van der Waals surface area contributed by atoms with Gasteiger partial charge in [0.25, 0.3) is 17.5 Å². The maximum Gasteiger partial charge on any atom is 0.331 e. The number of esters is 1. The number of aliphatic hydroxyl groups is 4. The summed E-state index contributed by atoms with van der Waals surface area (Å²) in [6.07, 6.45) is -1.33. The van der Waals surface area contributed by atoms with Crippen molar-refractivity contribution in [1.29, 1.82) is 0 Å². The molecule has 0 aromatic rings. The van der Waals surface area contributed by atoms with Crippen LogP contribution in [-0.2, 0) is 23.9 Å². The summed E-state index contributed by atoms with van der Waals surface area (Å²) >= 11 is 0. The van der Waals surface area contributed by atoms with Gasteiger partial charge in [0.1, 0.15) is 17.3 Å². The second-order valence-corrected chi connectivity index (χ2v) is 8.07. The molecule has 4 atom stereocenters. The molecule has 2 bridgehead atoms. The van der Waals surface area contributed by atoms with Crippen molar-refractivity contribution in [3.63, 3.8) is 0 Å². The first-order valence-electron chi connectivity index (χ1n) is 8.65. The van der Waals surface area contributed by atoms with Gasteiger partial charge < -0.3 is 40.5 Å². The number of piperazine rings is 1. The molecule has 28 heavy (non-hydrogen) atoms. The van der Waals surface area contributed by atoms with Gasteiger partial charge in [-0.1, -0.05) is 0 Å². The van der Waals surface area contributed by atoms with Gasteiger partial charge in [-0.2, -0.15) is 0 Å². The molecule has 0 saturated carbocycles. The minimum Gasteiger partial charge on any atom is -0.457 e. The molecule has 3 fully saturated rings. The second kappa shape index (κ2) is 7.08. The Bertz CT molecular complexity index is 712. The smallest absolute Gasteiger partial charge is 0.331 e. The maximum atomic E-state index is 12.7. The van der Waals surface area contributed by atoms with Gasteiger partial charge in [0, 0.05) is 11.6 Å². The fraction of sp³-hybridized carbons (Fsp3) is 0.706. The largest absolute Gasteiger partial charge is 0.457 e. The van der Waals surface area contributed by atoms with Crippen LogP contribution in [0, 0.1) is 0 Å². The lowest BCUT2D eigenvalue weighted by molar-refractivity contribution is -0.230. The predicted octanol–water partition coefficient (Wildman–Crippen LogP) is -2.59. The molecule has 3 heterocycles. The summed E-state index contributed by atoms with van der Waals surface area (Å²) in [5, 5.41) is 44.7. The topological polar surface area (TPSA) is 175 Å². The van der Waals surface area contributed by atoms with E-state index in [1.165, 1.54) is 0 Å². The van der Waals surface area contributed by atoms with E-state index in [2.05, 4.69) is 5.32 Å². The van der Waals surface area contributed by atoms with E-state index < -0.39 is 53.1 Å². The van der Waals surface area contributed by atoms with E-state index in [0.717, 1.165) is 13.0 Å². The molecule has 158 valence electrons. The zero-order valence-corrected chi connectivity index (χ0v) is 16.1. The predicted molar refractivity (Wildman–Crippen MR) is 92.2 cm³/mol. The van der Waals surface area contributed by atoms with Crippen LogP contribution in [0.2, 0.25) is 0 Å². The Hall–Kier alpha value is -2.05. The summed E-state index contributed by atoms with van der Waals surface area (Å²) in [7, 11) is 0. The van der Waals surface area contributed by atoms with Crippen LogP contribution in [-0.4, -0.2) is 80.2 Å². The number of carbonyl (C=O) groups is 3. The Morgan fingerprint density at radius 2 is 1.89 bits per heavy atom. The third-order valence-electron chi connectivity index (χ3n) is 4.42. The summed E-state index contributed by atoms with van der Waals surface area (Å²) in [6, 6.07) is 0. The van der Waals surface area contributed by atoms with E-state index in [1.807, 2.05) is 5.32 Å². The molecule has 3 aliphatic heterocycles.